The van der Waals surface area contributed by atoms with Crippen LogP contribution in [0.3, 0.4) is 0 Å². The monoisotopic (exact) mass is 495 g/mol. The SMILES string of the molecule is COc1c(-c2cc3ccc(NS(C)(=O)=O)cc3c(=O)o2)cc(-c2cnc[nH]c2=O)cc1C(C)(C)C. The van der Waals surface area contributed by atoms with Crippen LogP contribution < -0.4 is 20.6 Å². The van der Waals surface area contributed by atoms with Gasteiger partial charge in [-0.3, -0.25) is 9.52 Å². The van der Waals surface area contributed by atoms with Crippen molar-refractivity contribution in [2.24, 2.45) is 0 Å². The fraction of sp³-hybridized carbons (Fsp3) is 0.240. The number of hydrogen-bond acceptors (Lipinski definition) is 7. The highest BCUT2D eigenvalue weighted by atomic mass is 32.2. The van der Waals surface area contributed by atoms with E-state index in [1.165, 1.54) is 25.7 Å². The molecule has 4 rings (SSSR count). The minimum absolute atomic E-state index is 0.220. The molecule has 0 bridgehead atoms. The van der Waals surface area contributed by atoms with E-state index in [0.29, 0.717) is 27.8 Å². The van der Waals surface area contributed by atoms with E-state index >= 15 is 0 Å². The van der Waals surface area contributed by atoms with Crippen LogP contribution in [-0.4, -0.2) is 31.8 Å². The summed E-state index contributed by atoms with van der Waals surface area (Å²) in [4.78, 5) is 32.0. The van der Waals surface area contributed by atoms with Crippen molar-refractivity contribution in [1.82, 2.24) is 9.97 Å². The van der Waals surface area contributed by atoms with E-state index < -0.39 is 15.6 Å². The standard InChI is InChI=1S/C25H25N3O6S/c1-25(2,3)20-9-15(19-12-26-13-27-23(19)29)8-18(22(20)33-4)21-10-14-6-7-16(28-35(5,31)32)11-17(14)24(30)34-21/h6-13,28H,1-5H3,(H,26,27,29). The first kappa shape index (κ1) is 24.2. The summed E-state index contributed by atoms with van der Waals surface area (Å²) in [5.41, 5.74) is 1.21. The molecule has 0 saturated heterocycles. The molecule has 0 aliphatic heterocycles. The topological polar surface area (TPSA) is 131 Å². The van der Waals surface area contributed by atoms with Gasteiger partial charge in [-0.15, -0.1) is 0 Å². The lowest BCUT2D eigenvalue weighted by molar-refractivity contribution is 0.397. The van der Waals surface area contributed by atoms with E-state index in [0.717, 1.165) is 11.8 Å². The number of hydrogen-bond donors (Lipinski definition) is 2. The number of anilines is 1. The van der Waals surface area contributed by atoms with Gasteiger partial charge in [-0.2, -0.15) is 0 Å². The molecule has 0 spiro atoms. The van der Waals surface area contributed by atoms with E-state index in [4.69, 9.17) is 9.15 Å². The molecule has 0 saturated carbocycles. The highest BCUT2D eigenvalue weighted by molar-refractivity contribution is 7.92. The normalized spacial score (nSPS) is 12.0. The molecule has 2 aromatic carbocycles. The molecule has 2 aromatic heterocycles. The van der Waals surface area contributed by atoms with E-state index in [9.17, 15) is 18.0 Å². The summed E-state index contributed by atoms with van der Waals surface area (Å²) in [6.07, 6.45) is 3.82. The van der Waals surface area contributed by atoms with Gasteiger partial charge in [0.05, 0.1) is 36.2 Å². The first-order valence-corrected chi connectivity index (χ1v) is 12.6. The molecule has 0 fully saturated rings. The number of fused-ring (bicyclic) bond motifs is 1. The average molecular weight is 496 g/mol. The zero-order valence-corrected chi connectivity index (χ0v) is 20.7. The molecule has 0 radical (unpaired) electrons. The lowest BCUT2D eigenvalue weighted by Gasteiger charge is -2.25. The summed E-state index contributed by atoms with van der Waals surface area (Å²) in [5.74, 6) is 0.760. The van der Waals surface area contributed by atoms with Crippen molar-refractivity contribution in [3.8, 4) is 28.2 Å². The molecule has 10 heteroatoms. The summed E-state index contributed by atoms with van der Waals surface area (Å²) in [6, 6.07) is 9.91. The van der Waals surface area contributed by atoms with Gasteiger partial charge in [-0.25, -0.2) is 18.2 Å². The fourth-order valence-corrected chi connectivity index (χ4v) is 4.44. The molecular formula is C25H25N3O6S. The maximum Gasteiger partial charge on any atom is 0.344 e. The van der Waals surface area contributed by atoms with Crippen molar-refractivity contribution >= 4 is 26.5 Å². The maximum absolute atomic E-state index is 12.9. The van der Waals surface area contributed by atoms with Crippen LogP contribution in [0.5, 0.6) is 5.75 Å². The Morgan fingerprint density at radius 3 is 2.43 bits per heavy atom. The number of nitrogens with zero attached hydrogens (tertiary/aromatic N) is 1. The highest BCUT2D eigenvalue weighted by Gasteiger charge is 2.25. The van der Waals surface area contributed by atoms with E-state index in [1.807, 2.05) is 26.8 Å². The number of H-pyrrole nitrogens is 1. The lowest BCUT2D eigenvalue weighted by atomic mass is 9.83. The minimum atomic E-state index is -3.50. The molecule has 0 amide bonds. The van der Waals surface area contributed by atoms with Gasteiger partial charge in [-0.1, -0.05) is 26.8 Å². The Morgan fingerprint density at radius 2 is 1.80 bits per heavy atom. The Morgan fingerprint density at radius 1 is 1.06 bits per heavy atom. The van der Waals surface area contributed by atoms with Gasteiger partial charge in [0.1, 0.15) is 11.5 Å². The van der Waals surface area contributed by atoms with E-state index in [-0.39, 0.29) is 27.8 Å². The van der Waals surface area contributed by atoms with Crippen LogP contribution in [0.15, 0.2) is 62.9 Å². The van der Waals surface area contributed by atoms with Gasteiger partial charge in [0.15, 0.2) is 0 Å². The van der Waals surface area contributed by atoms with Crippen molar-refractivity contribution in [2.45, 2.75) is 26.2 Å². The summed E-state index contributed by atoms with van der Waals surface area (Å²) in [5, 5.41) is 0.775. The minimum Gasteiger partial charge on any atom is -0.496 e. The Labute approximate surface area is 201 Å². The second kappa shape index (κ2) is 8.70. The first-order valence-electron chi connectivity index (χ1n) is 10.7. The number of methoxy groups -OCH3 is 1. The number of ether oxygens (including phenoxy) is 1. The Balaban J connectivity index is 1.99. The van der Waals surface area contributed by atoms with Gasteiger partial charge in [0.2, 0.25) is 10.0 Å². The number of aromatic nitrogens is 2. The number of sulfonamides is 1. The van der Waals surface area contributed by atoms with Gasteiger partial charge in [0.25, 0.3) is 5.56 Å². The molecular weight excluding hydrogens is 470 g/mol. The highest BCUT2D eigenvalue weighted by Crippen LogP contribution is 2.42. The van der Waals surface area contributed by atoms with Crippen molar-refractivity contribution in [1.29, 1.82) is 0 Å². The Bertz CT molecular complexity index is 1660. The van der Waals surface area contributed by atoms with Crippen LogP contribution in [0.2, 0.25) is 0 Å². The third kappa shape index (κ3) is 4.97. The molecule has 35 heavy (non-hydrogen) atoms. The number of nitrogens with one attached hydrogen (secondary N) is 2. The van der Waals surface area contributed by atoms with Crippen LogP contribution in [0, 0.1) is 0 Å². The molecule has 0 atom stereocenters. The van der Waals surface area contributed by atoms with Crippen LogP contribution in [0.1, 0.15) is 26.3 Å². The second-order valence-electron chi connectivity index (χ2n) is 9.22. The molecule has 2 heterocycles. The van der Waals surface area contributed by atoms with Crippen LogP contribution in [0.25, 0.3) is 33.2 Å². The largest absolute Gasteiger partial charge is 0.496 e. The molecule has 0 unspecified atom stereocenters. The van der Waals surface area contributed by atoms with Crippen molar-refractivity contribution in [3.63, 3.8) is 0 Å². The van der Waals surface area contributed by atoms with Crippen LogP contribution in [-0.2, 0) is 15.4 Å². The predicted molar refractivity (Wildman–Crippen MR) is 135 cm³/mol. The lowest BCUT2D eigenvalue weighted by Crippen LogP contribution is -2.15. The predicted octanol–water partition coefficient (Wildman–Crippen LogP) is 3.89. The van der Waals surface area contributed by atoms with Gasteiger partial charge < -0.3 is 14.1 Å². The third-order valence-corrected chi connectivity index (χ3v) is 6.07. The molecule has 0 aliphatic rings. The van der Waals surface area contributed by atoms with Crippen molar-refractivity contribution in [2.75, 3.05) is 18.1 Å². The number of benzene rings is 2. The summed E-state index contributed by atoms with van der Waals surface area (Å²) >= 11 is 0. The summed E-state index contributed by atoms with van der Waals surface area (Å²) in [6.45, 7) is 6.04. The Kier molecular flexibility index (Phi) is 6.02. The average Bonchev–Trinajstić information content (AvgIpc) is 2.77. The third-order valence-electron chi connectivity index (χ3n) is 5.46. The molecule has 2 N–H and O–H groups in total. The van der Waals surface area contributed by atoms with Crippen molar-refractivity contribution < 1.29 is 17.6 Å². The zero-order chi connectivity index (χ0) is 25.5. The fourth-order valence-electron chi connectivity index (χ4n) is 3.89. The first-order chi connectivity index (χ1) is 16.4. The zero-order valence-electron chi connectivity index (χ0n) is 19.9. The summed E-state index contributed by atoms with van der Waals surface area (Å²) in [7, 11) is -1.97. The number of rotatable bonds is 5. The summed E-state index contributed by atoms with van der Waals surface area (Å²) < 4.78 is 36.9. The van der Waals surface area contributed by atoms with Crippen LogP contribution in [0.4, 0.5) is 5.69 Å². The number of aromatic amines is 1. The maximum atomic E-state index is 12.9. The Hall–Kier alpha value is -3.92. The van der Waals surface area contributed by atoms with Gasteiger partial charge >= 0.3 is 5.63 Å². The molecule has 9 nitrogen and oxygen atoms in total. The smallest absolute Gasteiger partial charge is 0.344 e. The van der Waals surface area contributed by atoms with Crippen LogP contribution >= 0.6 is 0 Å². The van der Waals surface area contributed by atoms with Gasteiger partial charge in [-0.05, 0) is 46.7 Å². The van der Waals surface area contributed by atoms with Crippen molar-refractivity contribution in [3.05, 3.63) is 75.3 Å². The van der Waals surface area contributed by atoms with E-state index in [1.54, 1.807) is 24.3 Å². The quantitative estimate of drug-likeness (QED) is 0.429. The molecule has 0 aliphatic carbocycles. The molecule has 182 valence electrons. The van der Waals surface area contributed by atoms with Gasteiger partial charge in [0, 0.05) is 17.4 Å². The molecule has 4 aromatic rings. The second-order valence-corrected chi connectivity index (χ2v) is 11.0. The van der Waals surface area contributed by atoms with E-state index in [2.05, 4.69) is 14.7 Å².